The Balaban J connectivity index is 2.61. The maximum Gasteiger partial charge on any atom is 0.315 e. The molecule has 0 fully saturated rings. The van der Waals surface area contributed by atoms with Crippen molar-refractivity contribution in [2.75, 3.05) is 7.11 Å². The summed E-state index contributed by atoms with van der Waals surface area (Å²) < 4.78 is 11.9. The van der Waals surface area contributed by atoms with E-state index in [1.807, 2.05) is 0 Å². The Morgan fingerprint density at radius 2 is 2.05 bits per heavy atom. The molecule has 0 aliphatic carbocycles. The molecule has 1 aromatic rings. The molecule has 1 aromatic carbocycles. The van der Waals surface area contributed by atoms with Crippen molar-refractivity contribution >= 4 is 43.6 Å². The quantitative estimate of drug-likeness (QED) is 0.436. The van der Waals surface area contributed by atoms with Gasteiger partial charge in [-0.2, -0.15) is 0 Å². The Hall–Kier alpha value is -1.34. The summed E-state index contributed by atoms with van der Waals surface area (Å²) in [7, 11) is 1.26. The predicted molar refractivity (Wildman–Crippen MR) is 87.1 cm³/mol. The van der Waals surface area contributed by atoms with E-state index in [1.54, 1.807) is 26.0 Å². The first-order chi connectivity index (χ1) is 10.2. The largest absolute Gasteiger partial charge is 0.515 e. The molecular weight excluding hydrogens is 420 g/mol. The summed E-state index contributed by atoms with van der Waals surface area (Å²) in [6.07, 6.45) is -0.266. The molecule has 0 amide bonds. The lowest BCUT2D eigenvalue weighted by Crippen LogP contribution is -2.46. The Morgan fingerprint density at radius 1 is 1.41 bits per heavy atom. The van der Waals surface area contributed by atoms with Crippen LogP contribution in [0.3, 0.4) is 0 Å². The van der Waals surface area contributed by atoms with Gasteiger partial charge < -0.3 is 14.6 Å². The Morgan fingerprint density at radius 3 is 2.59 bits per heavy atom. The highest BCUT2D eigenvalue weighted by molar-refractivity contribution is 9.11. The number of rotatable bonds is 2. The first kappa shape index (κ1) is 17.0. The molecule has 7 heteroatoms. The van der Waals surface area contributed by atoms with Gasteiger partial charge in [-0.3, -0.25) is 9.59 Å². The molecule has 0 bridgehead atoms. The second-order valence-electron chi connectivity index (χ2n) is 5.39. The van der Waals surface area contributed by atoms with Gasteiger partial charge in [0.05, 0.1) is 29.0 Å². The average molecular weight is 434 g/mol. The normalized spacial score (nSPS) is 19.6. The zero-order valence-electron chi connectivity index (χ0n) is 12.1. The van der Waals surface area contributed by atoms with E-state index in [0.29, 0.717) is 26.5 Å². The van der Waals surface area contributed by atoms with Crippen LogP contribution in [0.1, 0.15) is 24.2 Å². The van der Waals surface area contributed by atoms with E-state index < -0.39 is 23.3 Å². The monoisotopic (exact) mass is 432 g/mol. The van der Waals surface area contributed by atoms with E-state index in [9.17, 15) is 14.7 Å². The molecule has 1 N–H and O–H groups in total. The minimum atomic E-state index is -1.15. The maximum atomic E-state index is 12.6. The number of benzene rings is 1. The zero-order valence-corrected chi connectivity index (χ0v) is 15.3. The lowest BCUT2D eigenvalue weighted by atomic mass is 9.79. The number of Topliss-reactive ketones (excluding diaryl/α,β-unsaturated/α-hetero) is 1. The lowest BCUT2D eigenvalue weighted by molar-refractivity contribution is -0.155. The van der Waals surface area contributed by atoms with Gasteiger partial charge in [0, 0.05) is 4.47 Å². The summed E-state index contributed by atoms with van der Waals surface area (Å²) in [4.78, 5) is 24.6. The van der Waals surface area contributed by atoms with E-state index in [4.69, 9.17) is 9.47 Å². The van der Waals surface area contributed by atoms with E-state index in [1.165, 1.54) is 7.11 Å². The number of hydrogen-bond donors (Lipinski definition) is 1. The molecule has 2 rings (SSSR count). The molecule has 0 aromatic heterocycles. The van der Waals surface area contributed by atoms with Crippen molar-refractivity contribution in [2.45, 2.75) is 20.0 Å². The van der Waals surface area contributed by atoms with Gasteiger partial charge in [0.25, 0.3) is 0 Å². The number of carbonyl (C=O) groups excluding carboxylic acids is 2. The summed E-state index contributed by atoms with van der Waals surface area (Å²) in [6.45, 7) is 3.19. The Kier molecular flexibility index (Phi) is 4.67. The average Bonchev–Trinajstić information content (AvgIpc) is 2.46. The summed E-state index contributed by atoms with van der Waals surface area (Å²) in [5, 5.41) is 9.48. The number of hydrogen-bond acceptors (Lipinski definition) is 5. The number of ether oxygens (including phenoxy) is 2. The van der Waals surface area contributed by atoms with Gasteiger partial charge in [-0.25, -0.2) is 0 Å². The minimum Gasteiger partial charge on any atom is -0.515 e. The summed E-state index contributed by atoms with van der Waals surface area (Å²) in [5.41, 5.74) is -0.838. The molecule has 1 heterocycles. The van der Waals surface area contributed by atoms with Crippen molar-refractivity contribution in [1.29, 1.82) is 0 Å². The standard InChI is InChI=1S/C15H14Br2O5/c1-15(2,14(20)21-3)13-9(6-18)11(19)8-4-7(16)5-10(17)12(8)22-13/h4-6,13,18H,1-3H3/b9-6+. The highest BCUT2D eigenvalue weighted by Crippen LogP contribution is 2.43. The number of ketones is 1. The third-order valence-electron chi connectivity index (χ3n) is 3.54. The summed E-state index contributed by atoms with van der Waals surface area (Å²) in [5.74, 6) is -0.602. The fraction of sp³-hybridized carbons (Fsp3) is 0.333. The van der Waals surface area contributed by atoms with Gasteiger partial charge in [0.2, 0.25) is 0 Å². The van der Waals surface area contributed by atoms with Crippen molar-refractivity contribution in [1.82, 2.24) is 0 Å². The molecule has 5 nitrogen and oxygen atoms in total. The molecule has 0 radical (unpaired) electrons. The van der Waals surface area contributed by atoms with Gasteiger partial charge in [-0.05, 0) is 41.9 Å². The number of aliphatic hydroxyl groups is 1. The highest BCUT2D eigenvalue weighted by Gasteiger charge is 2.47. The number of aliphatic hydroxyl groups excluding tert-OH is 1. The third-order valence-corrected chi connectivity index (χ3v) is 4.59. The van der Waals surface area contributed by atoms with Crippen LogP contribution in [0, 0.1) is 5.41 Å². The van der Waals surface area contributed by atoms with Crippen LogP contribution in [0.2, 0.25) is 0 Å². The zero-order chi connectivity index (χ0) is 16.7. The van der Waals surface area contributed by atoms with Gasteiger partial charge in [0.15, 0.2) is 5.78 Å². The van der Waals surface area contributed by atoms with Crippen LogP contribution in [0.25, 0.3) is 0 Å². The SMILES string of the molecule is COC(=O)C(C)(C)C1Oc2c(Br)cc(Br)cc2C(=O)/C1=C\O. The summed E-state index contributed by atoms with van der Waals surface area (Å²) >= 11 is 6.65. The fourth-order valence-corrected chi connectivity index (χ4v) is 3.66. The van der Waals surface area contributed by atoms with Gasteiger partial charge in [-0.15, -0.1) is 0 Å². The fourth-order valence-electron chi connectivity index (χ4n) is 2.34. The van der Waals surface area contributed by atoms with Crippen LogP contribution in [0.15, 0.2) is 32.9 Å². The van der Waals surface area contributed by atoms with Crippen LogP contribution in [0.5, 0.6) is 5.75 Å². The van der Waals surface area contributed by atoms with E-state index in [-0.39, 0.29) is 5.57 Å². The molecule has 1 aliphatic heterocycles. The van der Waals surface area contributed by atoms with Crippen molar-refractivity contribution < 1.29 is 24.2 Å². The maximum absolute atomic E-state index is 12.6. The molecule has 22 heavy (non-hydrogen) atoms. The Bertz CT molecular complexity index is 679. The summed E-state index contributed by atoms with van der Waals surface area (Å²) in [6, 6.07) is 3.34. The van der Waals surface area contributed by atoms with Crippen LogP contribution < -0.4 is 4.74 Å². The van der Waals surface area contributed by atoms with Crippen LogP contribution in [-0.4, -0.2) is 30.1 Å². The first-order valence-corrected chi connectivity index (χ1v) is 7.95. The van der Waals surface area contributed by atoms with Gasteiger partial charge in [-0.1, -0.05) is 15.9 Å². The molecule has 1 unspecified atom stereocenters. The molecule has 0 saturated carbocycles. The first-order valence-electron chi connectivity index (χ1n) is 6.37. The highest BCUT2D eigenvalue weighted by atomic mass is 79.9. The van der Waals surface area contributed by atoms with Gasteiger partial charge in [0.1, 0.15) is 17.3 Å². The second-order valence-corrected chi connectivity index (χ2v) is 7.16. The predicted octanol–water partition coefficient (Wildman–Crippen LogP) is 3.80. The molecule has 1 aliphatic rings. The van der Waals surface area contributed by atoms with Crippen LogP contribution in [0.4, 0.5) is 0 Å². The number of halogens is 2. The molecule has 118 valence electrons. The van der Waals surface area contributed by atoms with Crippen molar-refractivity contribution in [3.05, 3.63) is 38.5 Å². The second kappa shape index (κ2) is 6.04. The Labute approximate surface area is 144 Å². The molecule has 0 spiro atoms. The van der Waals surface area contributed by atoms with Crippen LogP contribution in [-0.2, 0) is 9.53 Å². The number of carbonyl (C=O) groups is 2. The third kappa shape index (κ3) is 2.67. The molecule has 0 saturated heterocycles. The number of esters is 1. The number of fused-ring (bicyclic) bond motifs is 1. The smallest absolute Gasteiger partial charge is 0.315 e. The van der Waals surface area contributed by atoms with Crippen LogP contribution >= 0.6 is 31.9 Å². The minimum absolute atomic E-state index is 0.00731. The van der Waals surface area contributed by atoms with Crippen molar-refractivity contribution in [2.24, 2.45) is 5.41 Å². The van der Waals surface area contributed by atoms with Crippen molar-refractivity contribution in [3.8, 4) is 5.75 Å². The van der Waals surface area contributed by atoms with E-state index in [2.05, 4.69) is 31.9 Å². The van der Waals surface area contributed by atoms with Gasteiger partial charge >= 0.3 is 5.97 Å². The topological polar surface area (TPSA) is 72.8 Å². The molecule has 1 atom stereocenters. The van der Waals surface area contributed by atoms with E-state index in [0.717, 1.165) is 0 Å². The van der Waals surface area contributed by atoms with E-state index >= 15 is 0 Å². The molecular formula is C15H14Br2O5. The number of methoxy groups -OCH3 is 1. The van der Waals surface area contributed by atoms with Crippen molar-refractivity contribution in [3.63, 3.8) is 0 Å². The lowest BCUT2D eigenvalue weighted by Gasteiger charge is -2.36.